The van der Waals surface area contributed by atoms with Gasteiger partial charge in [0.25, 0.3) is 0 Å². The lowest BCUT2D eigenvalue weighted by Gasteiger charge is -2.39. The molecule has 1 aliphatic heterocycles. The number of nitrogen functional groups attached to an aromatic ring is 1. The monoisotopic (exact) mass is 299 g/mol. The number of nitrogens with zero attached hydrogens (tertiary/aromatic N) is 2. The average Bonchev–Trinajstić information content (AvgIpc) is 3.01. The maximum atomic E-state index is 6.09. The van der Waals surface area contributed by atoms with Crippen LogP contribution in [-0.4, -0.2) is 41.8 Å². The molecule has 4 heteroatoms. The topological polar surface area (TPSA) is 43.4 Å². The second-order valence-electron chi connectivity index (χ2n) is 6.61. The molecule has 2 aliphatic rings. The minimum absolute atomic E-state index is 0.622. The molecule has 4 nitrogen and oxygen atoms in total. The molecular weight excluding hydrogens is 274 g/mol. The molecule has 1 saturated heterocycles. The van der Waals surface area contributed by atoms with Gasteiger partial charge in [-0.05, 0) is 43.9 Å². The molecule has 1 aromatic carbocycles. The summed E-state index contributed by atoms with van der Waals surface area (Å²) in [6, 6.07) is 9.79. The maximum Gasteiger partial charge on any atom is 0.0594 e. The minimum atomic E-state index is 0.622. The van der Waals surface area contributed by atoms with Gasteiger partial charge in [-0.3, -0.25) is 4.90 Å². The van der Waals surface area contributed by atoms with Crippen molar-refractivity contribution in [1.29, 1.82) is 0 Å². The molecule has 0 unspecified atom stereocenters. The van der Waals surface area contributed by atoms with Crippen molar-refractivity contribution in [2.75, 3.05) is 32.0 Å². The number of rotatable bonds is 2. The number of nitrogens with two attached hydrogens (primary N) is 1. The third-order valence-electron chi connectivity index (χ3n) is 5.42. The molecule has 2 fully saturated rings. The summed E-state index contributed by atoms with van der Waals surface area (Å²) < 4.78 is 7.92. The minimum Gasteiger partial charge on any atom is -0.398 e. The van der Waals surface area contributed by atoms with Crippen molar-refractivity contribution in [3.05, 3.63) is 30.5 Å². The van der Waals surface area contributed by atoms with Crippen LogP contribution < -0.4 is 5.73 Å². The van der Waals surface area contributed by atoms with Crippen molar-refractivity contribution in [1.82, 2.24) is 9.47 Å². The van der Waals surface area contributed by atoms with Gasteiger partial charge >= 0.3 is 0 Å². The molecule has 1 aromatic heterocycles. The third kappa shape index (κ3) is 2.50. The van der Waals surface area contributed by atoms with E-state index in [9.17, 15) is 0 Å². The predicted octanol–water partition coefficient (Wildman–Crippen LogP) is 3.04. The third-order valence-corrected chi connectivity index (χ3v) is 5.42. The second-order valence-corrected chi connectivity index (χ2v) is 6.61. The molecule has 1 saturated carbocycles. The molecule has 22 heavy (non-hydrogen) atoms. The van der Waals surface area contributed by atoms with Crippen LogP contribution in [0.3, 0.4) is 0 Å². The summed E-state index contributed by atoms with van der Waals surface area (Å²) in [5.41, 5.74) is 8.26. The van der Waals surface area contributed by atoms with E-state index in [0.29, 0.717) is 6.04 Å². The first kappa shape index (κ1) is 14.1. The number of fused-ring (bicyclic) bond motifs is 1. The Labute approximate surface area is 131 Å². The summed E-state index contributed by atoms with van der Waals surface area (Å²) in [6.07, 6.45) is 7.35. The average molecular weight is 299 g/mol. The molecule has 1 aliphatic carbocycles. The summed E-state index contributed by atoms with van der Waals surface area (Å²) in [5.74, 6) is 0. The van der Waals surface area contributed by atoms with Gasteiger partial charge in [0.15, 0.2) is 0 Å². The Morgan fingerprint density at radius 2 is 1.68 bits per heavy atom. The van der Waals surface area contributed by atoms with Crippen molar-refractivity contribution in [3.8, 4) is 0 Å². The summed E-state index contributed by atoms with van der Waals surface area (Å²) >= 11 is 0. The van der Waals surface area contributed by atoms with Crippen molar-refractivity contribution < 1.29 is 4.74 Å². The van der Waals surface area contributed by atoms with E-state index in [4.69, 9.17) is 10.5 Å². The van der Waals surface area contributed by atoms with Gasteiger partial charge in [-0.25, -0.2) is 0 Å². The normalized spacial score (nSPS) is 27.3. The zero-order valence-electron chi connectivity index (χ0n) is 13.1. The van der Waals surface area contributed by atoms with Gasteiger partial charge in [-0.2, -0.15) is 0 Å². The summed E-state index contributed by atoms with van der Waals surface area (Å²) in [4.78, 5) is 2.63. The fraction of sp³-hybridized carbons (Fsp3) is 0.556. The molecule has 0 amide bonds. The van der Waals surface area contributed by atoms with Crippen LogP contribution >= 0.6 is 0 Å². The number of hydrogen-bond donors (Lipinski definition) is 1. The molecule has 0 radical (unpaired) electrons. The lowest BCUT2D eigenvalue weighted by molar-refractivity contribution is 0.00559. The number of hydrogen-bond acceptors (Lipinski definition) is 3. The Morgan fingerprint density at radius 3 is 2.45 bits per heavy atom. The number of aromatic nitrogens is 1. The van der Waals surface area contributed by atoms with Crippen molar-refractivity contribution >= 4 is 16.6 Å². The van der Waals surface area contributed by atoms with Crippen molar-refractivity contribution in [3.63, 3.8) is 0 Å². The Balaban J connectivity index is 1.47. The van der Waals surface area contributed by atoms with Gasteiger partial charge in [-0.1, -0.05) is 6.07 Å². The highest BCUT2D eigenvalue weighted by atomic mass is 16.5. The highest BCUT2D eigenvalue weighted by Crippen LogP contribution is 2.34. The van der Waals surface area contributed by atoms with Crippen LogP contribution in [0.4, 0.5) is 5.69 Å². The van der Waals surface area contributed by atoms with Gasteiger partial charge in [-0.15, -0.1) is 0 Å². The molecule has 0 bridgehead atoms. The first-order valence-corrected chi connectivity index (χ1v) is 8.50. The number of morpholine rings is 1. The smallest absolute Gasteiger partial charge is 0.0594 e. The summed E-state index contributed by atoms with van der Waals surface area (Å²) in [7, 11) is 0. The van der Waals surface area contributed by atoms with E-state index in [0.717, 1.165) is 38.0 Å². The van der Waals surface area contributed by atoms with Gasteiger partial charge in [0, 0.05) is 42.4 Å². The second kappa shape index (κ2) is 5.94. The molecule has 2 aromatic rings. The lowest BCUT2D eigenvalue weighted by atomic mass is 9.89. The van der Waals surface area contributed by atoms with E-state index in [1.165, 1.54) is 36.6 Å². The Kier molecular flexibility index (Phi) is 3.80. The number of anilines is 1. The quantitative estimate of drug-likeness (QED) is 0.867. The van der Waals surface area contributed by atoms with Crippen molar-refractivity contribution in [2.45, 2.75) is 37.8 Å². The van der Waals surface area contributed by atoms with Gasteiger partial charge < -0.3 is 15.0 Å². The highest BCUT2D eigenvalue weighted by molar-refractivity contribution is 5.91. The molecular formula is C18H25N3O. The Bertz CT molecular complexity index is 637. The zero-order valence-corrected chi connectivity index (χ0v) is 13.1. The van der Waals surface area contributed by atoms with Gasteiger partial charge in [0.2, 0.25) is 0 Å². The van der Waals surface area contributed by atoms with E-state index in [2.05, 4.69) is 33.9 Å². The van der Waals surface area contributed by atoms with E-state index < -0.39 is 0 Å². The fourth-order valence-electron chi connectivity index (χ4n) is 4.17. The molecule has 0 atom stereocenters. The van der Waals surface area contributed by atoms with Crippen LogP contribution in [0, 0.1) is 0 Å². The predicted molar refractivity (Wildman–Crippen MR) is 90.0 cm³/mol. The van der Waals surface area contributed by atoms with E-state index in [1.807, 2.05) is 6.07 Å². The Hall–Kier alpha value is -1.52. The van der Waals surface area contributed by atoms with Crippen LogP contribution in [0.25, 0.3) is 10.9 Å². The SMILES string of the molecule is Nc1cccc2c1ccn2C1CCC(N2CCOCC2)CC1. The largest absolute Gasteiger partial charge is 0.398 e. The number of ether oxygens (including phenoxy) is 1. The maximum absolute atomic E-state index is 6.09. The van der Waals surface area contributed by atoms with Crippen LogP contribution in [-0.2, 0) is 4.74 Å². The first-order valence-electron chi connectivity index (χ1n) is 8.50. The zero-order chi connectivity index (χ0) is 14.9. The standard InChI is InChI=1S/C18H25N3O/c19-17-2-1-3-18-16(17)8-9-21(18)15-6-4-14(5-7-15)20-10-12-22-13-11-20/h1-3,8-9,14-15H,4-7,10-13,19H2. The fourth-order valence-corrected chi connectivity index (χ4v) is 4.17. The molecule has 2 heterocycles. The van der Waals surface area contributed by atoms with Crippen LogP contribution in [0.5, 0.6) is 0 Å². The van der Waals surface area contributed by atoms with Crippen LogP contribution in [0.15, 0.2) is 30.5 Å². The molecule has 2 N–H and O–H groups in total. The van der Waals surface area contributed by atoms with Crippen LogP contribution in [0.1, 0.15) is 31.7 Å². The van der Waals surface area contributed by atoms with Crippen molar-refractivity contribution in [2.24, 2.45) is 0 Å². The van der Waals surface area contributed by atoms with E-state index in [-0.39, 0.29) is 0 Å². The summed E-state index contributed by atoms with van der Waals surface area (Å²) in [5, 5.41) is 1.19. The van der Waals surface area contributed by atoms with Crippen LogP contribution in [0.2, 0.25) is 0 Å². The molecule has 4 rings (SSSR count). The molecule has 118 valence electrons. The van der Waals surface area contributed by atoms with Gasteiger partial charge in [0.1, 0.15) is 0 Å². The summed E-state index contributed by atoms with van der Waals surface area (Å²) in [6.45, 7) is 4.03. The Morgan fingerprint density at radius 1 is 0.955 bits per heavy atom. The first-order chi connectivity index (χ1) is 10.8. The van der Waals surface area contributed by atoms with E-state index in [1.54, 1.807) is 0 Å². The van der Waals surface area contributed by atoms with E-state index >= 15 is 0 Å². The lowest BCUT2D eigenvalue weighted by Crippen LogP contribution is -2.45. The van der Waals surface area contributed by atoms with Gasteiger partial charge in [0.05, 0.1) is 18.7 Å². The molecule has 0 spiro atoms. The highest BCUT2D eigenvalue weighted by Gasteiger charge is 2.27. The number of benzene rings is 1.